The quantitative estimate of drug-likeness (QED) is 0.879. The fourth-order valence-electron chi connectivity index (χ4n) is 2.14. The lowest BCUT2D eigenvalue weighted by atomic mass is 10.2. The van der Waals surface area contributed by atoms with Crippen molar-refractivity contribution < 1.29 is 13.2 Å². The topological polar surface area (TPSA) is 100 Å². The number of halogens is 1. The highest BCUT2D eigenvalue weighted by molar-refractivity contribution is 9.10. The Bertz CT molecular complexity index is 799. The van der Waals surface area contributed by atoms with Gasteiger partial charge >= 0.3 is 0 Å². The number of nitrogens with two attached hydrogens (primary N) is 1. The zero-order chi connectivity index (χ0) is 15.2. The second-order valence-corrected chi connectivity index (χ2v) is 7.11. The molecule has 1 aliphatic rings. The van der Waals surface area contributed by atoms with Gasteiger partial charge in [0, 0.05) is 11.6 Å². The second-order valence-electron chi connectivity index (χ2n) is 4.80. The van der Waals surface area contributed by atoms with Crippen LogP contribution in [0, 0.1) is 0 Å². The molecule has 9 heteroatoms. The highest BCUT2D eigenvalue weighted by atomic mass is 79.9. The maximum atomic E-state index is 11.6. The van der Waals surface area contributed by atoms with Crippen molar-refractivity contribution in [3.8, 4) is 17.1 Å². The van der Waals surface area contributed by atoms with E-state index in [1.165, 1.54) is 0 Å². The number of sulfonamides is 1. The lowest BCUT2D eigenvalue weighted by molar-refractivity contribution is 0.412. The van der Waals surface area contributed by atoms with E-state index in [0.717, 1.165) is 22.9 Å². The molecule has 112 valence electrons. The van der Waals surface area contributed by atoms with Gasteiger partial charge in [0.2, 0.25) is 0 Å². The van der Waals surface area contributed by atoms with Gasteiger partial charge in [0.05, 0.1) is 11.6 Å². The van der Waals surface area contributed by atoms with Gasteiger partial charge < -0.3 is 4.74 Å². The summed E-state index contributed by atoms with van der Waals surface area (Å²) in [6.07, 6.45) is 1.79. The maximum Gasteiger partial charge on any atom is 0.273 e. The third kappa shape index (κ3) is 2.68. The van der Waals surface area contributed by atoms with Crippen molar-refractivity contribution in [1.82, 2.24) is 14.8 Å². The van der Waals surface area contributed by atoms with Crippen LogP contribution in [0.2, 0.25) is 0 Å². The predicted octanol–water partition coefficient (Wildman–Crippen LogP) is 1.70. The minimum atomic E-state index is -3.90. The number of nitrogens with zero attached hydrogens (tertiary/aromatic N) is 3. The third-order valence-electron chi connectivity index (χ3n) is 3.24. The molecule has 1 aromatic heterocycles. The van der Waals surface area contributed by atoms with Crippen molar-refractivity contribution >= 4 is 26.0 Å². The summed E-state index contributed by atoms with van der Waals surface area (Å²) in [5.41, 5.74) is 0.747. The third-order valence-corrected chi connectivity index (χ3v) is 4.65. The van der Waals surface area contributed by atoms with Crippen LogP contribution in [-0.4, -0.2) is 30.3 Å². The molecule has 0 atom stereocenters. The summed E-state index contributed by atoms with van der Waals surface area (Å²) in [5.74, 6) is 1.17. The van der Waals surface area contributed by atoms with E-state index in [0.29, 0.717) is 11.6 Å². The summed E-state index contributed by atoms with van der Waals surface area (Å²) < 4.78 is 30.8. The molecule has 21 heavy (non-hydrogen) atoms. The molecule has 1 fully saturated rings. The van der Waals surface area contributed by atoms with Gasteiger partial charge in [-0.2, -0.15) is 0 Å². The van der Waals surface area contributed by atoms with E-state index in [1.54, 1.807) is 23.8 Å². The van der Waals surface area contributed by atoms with E-state index in [9.17, 15) is 8.42 Å². The van der Waals surface area contributed by atoms with Crippen LogP contribution < -0.4 is 9.88 Å². The summed E-state index contributed by atoms with van der Waals surface area (Å²) in [6, 6.07) is 5.49. The van der Waals surface area contributed by atoms with Crippen LogP contribution in [0.3, 0.4) is 0 Å². The van der Waals surface area contributed by atoms with Gasteiger partial charge in [-0.25, -0.2) is 13.6 Å². The summed E-state index contributed by atoms with van der Waals surface area (Å²) in [4.78, 5) is 0. The first-order chi connectivity index (χ1) is 9.91. The number of primary sulfonamides is 1. The number of ether oxygens (including phenoxy) is 1. The molecule has 0 saturated heterocycles. The van der Waals surface area contributed by atoms with E-state index < -0.39 is 10.0 Å². The van der Waals surface area contributed by atoms with Crippen molar-refractivity contribution in [3.63, 3.8) is 0 Å². The van der Waals surface area contributed by atoms with Gasteiger partial charge in [0.25, 0.3) is 15.2 Å². The lowest BCUT2D eigenvalue weighted by Gasteiger charge is -2.09. The largest absolute Gasteiger partial charge is 0.496 e. The Morgan fingerprint density at radius 2 is 2.10 bits per heavy atom. The summed E-state index contributed by atoms with van der Waals surface area (Å²) >= 11 is 3.40. The molecule has 7 nitrogen and oxygen atoms in total. The summed E-state index contributed by atoms with van der Waals surface area (Å²) in [6.45, 7) is 0. The highest BCUT2D eigenvalue weighted by Crippen LogP contribution is 2.40. The smallest absolute Gasteiger partial charge is 0.273 e. The average molecular weight is 373 g/mol. The van der Waals surface area contributed by atoms with Crippen LogP contribution in [0.5, 0.6) is 5.75 Å². The van der Waals surface area contributed by atoms with Crippen molar-refractivity contribution in [2.75, 3.05) is 7.11 Å². The van der Waals surface area contributed by atoms with E-state index in [2.05, 4.69) is 26.1 Å². The average Bonchev–Trinajstić information content (AvgIpc) is 3.15. The Morgan fingerprint density at radius 3 is 2.62 bits per heavy atom. The minimum absolute atomic E-state index is 0.0872. The monoisotopic (exact) mass is 372 g/mol. The zero-order valence-corrected chi connectivity index (χ0v) is 13.6. The Morgan fingerprint density at radius 1 is 1.38 bits per heavy atom. The normalized spacial score (nSPS) is 15.2. The molecular formula is C12H13BrN4O3S. The number of rotatable bonds is 4. The van der Waals surface area contributed by atoms with Crippen LogP contribution in [-0.2, 0) is 10.0 Å². The Kier molecular flexibility index (Phi) is 3.50. The Hall–Kier alpha value is -1.45. The van der Waals surface area contributed by atoms with E-state index >= 15 is 0 Å². The number of methoxy groups -OCH3 is 1. The molecule has 0 amide bonds. The van der Waals surface area contributed by atoms with Crippen LogP contribution in [0.15, 0.2) is 27.8 Å². The second kappa shape index (κ2) is 5.08. The van der Waals surface area contributed by atoms with Crippen molar-refractivity contribution in [2.45, 2.75) is 24.0 Å². The maximum absolute atomic E-state index is 11.6. The van der Waals surface area contributed by atoms with Gasteiger partial charge in [-0.05, 0) is 47.0 Å². The van der Waals surface area contributed by atoms with Gasteiger partial charge in [-0.3, -0.25) is 4.57 Å². The van der Waals surface area contributed by atoms with Crippen LogP contribution in [0.4, 0.5) is 0 Å². The molecular weight excluding hydrogens is 360 g/mol. The number of hydrogen-bond donors (Lipinski definition) is 1. The molecule has 3 rings (SSSR count). The zero-order valence-electron chi connectivity index (χ0n) is 11.2. The first-order valence-corrected chi connectivity index (χ1v) is 8.57. The van der Waals surface area contributed by atoms with Crippen LogP contribution >= 0.6 is 15.9 Å². The van der Waals surface area contributed by atoms with Crippen molar-refractivity contribution in [2.24, 2.45) is 5.14 Å². The first kappa shape index (κ1) is 14.5. The fourth-order valence-corrected chi connectivity index (χ4v) is 3.34. The van der Waals surface area contributed by atoms with E-state index in [-0.39, 0.29) is 11.2 Å². The molecule has 0 aliphatic heterocycles. The van der Waals surface area contributed by atoms with Crippen molar-refractivity contribution in [1.29, 1.82) is 0 Å². The lowest BCUT2D eigenvalue weighted by Crippen LogP contribution is -2.18. The van der Waals surface area contributed by atoms with E-state index in [4.69, 9.17) is 9.88 Å². The van der Waals surface area contributed by atoms with Crippen molar-refractivity contribution in [3.05, 3.63) is 22.7 Å². The molecule has 0 spiro atoms. The molecule has 1 aromatic carbocycles. The molecule has 2 aromatic rings. The van der Waals surface area contributed by atoms with E-state index in [1.807, 2.05) is 6.07 Å². The van der Waals surface area contributed by atoms with Crippen LogP contribution in [0.1, 0.15) is 18.9 Å². The molecule has 0 radical (unpaired) electrons. The molecule has 2 N–H and O–H groups in total. The van der Waals surface area contributed by atoms with Crippen LogP contribution in [0.25, 0.3) is 11.4 Å². The Balaban J connectivity index is 2.15. The summed E-state index contributed by atoms with van der Waals surface area (Å²) in [7, 11) is -2.32. The molecule has 0 unspecified atom stereocenters. The number of hydrogen-bond acceptors (Lipinski definition) is 5. The molecule has 1 aliphatic carbocycles. The standard InChI is InChI=1S/C12H13BrN4O3S/c1-20-10-5-2-7(6-9(10)13)11-15-16-12(21(14,18)19)17(11)8-3-4-8/h2,5-6,8H,3-4H2,1H3,(H2,14,18,19). The SMILES string of the molecule is COc1ccc(-c2nnc(S(N)(=O)=O)n2C2CC2)cc1Br. The van der Waals surface area contributed by atoms with Gasteiger partial charge in [0.15, 0.2) is 5.82 Å². The molecule has 1 saturated carbocycles. The highest BCUT2D eigenvalue weighted by Gasteiger charge is 2.33. The molecule has 0 bridgehead atoms. The Labute approximate surface area is 130 Å². The predicted molar refractivity (Wildman–Crippen MR) is 79.4 cm³/mol. The number of benzene rings is 1. The van der Waals surface area contributed by atoms with Gasteiger partial charge in [-0.1, -0.05) is 0 Å². The van der Waals surface area contributed by atoms with Gasteiger partial charge in [0.1, 0.15) is 5.75 Å². The first-order valence-electron chi connectivity index (χ1n) is 6.23. The minimum Gasteiger partial charge on any atom is -0.496 e. The van der Waals surface area contributed by atoms with Gasteiger partial charge in [-0.15, -0.1) is 10.2 Å². The fraction of sp³-hybridized carbons (Fsp3) is 0.333. The summed E-state index contributed by atoms with van der Waals surface area (Å²) in [5, 5.41) is 12.8. The molecule has 1 heterocycles. The number of aromatic nitrogens is 3.